The standard InChI is InChI=1S/C24H28FN7O4S/c1-30-6-5-17-19(11-30)37-24(27-17)23(35)28-20-12-31(21(33)13-36-2)7-8-32(20)29-22(34)18-10-14-9-15(25)3-4-16(14)26-18/h3-4,9-10,20,26H,5-8,11-13H2,1-2H3,(H,28,35)(H,29,34). The van der Waals surface area contributed by atoms with Gasteiger partial charge in [-0.1, -0.05) is 0 Å². The minimum atomic E-state index is -0.698. The summed E-state index contributed by atoms with van der Waals surface area (Å²) in [5.41, 5.74) is 4.64. The smallest absolute Gasteiger partial charge is 0.282 e. The number of aromatic amines is 1. The third-order valence-electron chi connectivity index (χ3n) is 6.49. The van der Waals surface area contributed by atoms with E-state index in [2.05, 4.69) is 25.6 Å². The molecule has 0 radical (unpaired) electrons. The molecule has 1 unspecified atom stereocenters. The molecular formula is C24H28FN7O4S. The Balaban J connectivity index is 1.33. The number of hydrogen-bond donors (Lipinski definition) is 3. The molecule has 37 heavy (non-hydrogen) atoms. The third-order valence-corrected chi connectivity index (χ3v) is 7.57. The van der Waals surface area contributed by atoms with Gasteiger partial charge in [-0.05, 0) is 31.3 Å². The Bertz CT molecular complexity index is 1340. The molecule has 1 atom stereocenters. The SMILES string of the molecule is COCC(=O)N1CCN(NC(=O)c2cc3cc(F)ccc3[nH]2)C(NC(=O)c2nc3c(s2)CN(C)CC3)C1. The van der Waals surface area contributed by atoms with Crippen molar-refractivity contribution in [1.82, 2.24) is 35.5 Å². The molecule has 2 aromatic heterocycles. The van der Waals surface area contributed by atoms with Crippen molar-refractivity contribution in [3.05, 3.63) is 51.4 Å². The summed E-state index contributed by atoms with van der Waals surface area (Å²) in [7, 11) is 3.47. The van der Waals surface area contributed by atoms with E-state index in [1.54, 1.807) is 22.0 Å². The summed E-state index contributed by atoms with van der Waals surface area (Å²) in [6, 6.07) is 5.79. The number of hydrogen-bond acceptors (Lipinski definition) is 8. The highest BCUT2D eigenvalue weighted by Gasteiger charge is 2.33. The zero-order valence-electron chi connectivity index (χ0n) is 20.5. The van der Waals surface area contributed by atoms with Crippen molar-refractivity contribution in [2.75, 3.05) is 46.9 Å². The fourth-order valence-electron chi connectivity index (χ4n) is 4.53. The van der Waals surface area contributed by atoms with Crippen molar-refractivity contribution in [2.45, 2.75) is 19.1 Å². The monoisotopic (exact) mass is 529 g/mol. The van der Waals surface area contributed by atoms with Crippen LogP contribution in [0, 0.1) is 5.82 Å². The number of fused-ring (bicyclic) bond motifs is 2. The Morgan fingerprint density at radius 3 is 2.86 bits per heavy atom. The summed E-state index contributed by atoms with van der Waals surface area (Å²) >= 11 is 1.36. The number of H-pyrrole nitrogens is 1. The van der Waals surface area contributed by atoms with Gasteiger partial charge in [-0.3, -0.25) is 19.8 Å². The van der Waals surface area contributed by atoms with E-state index in [0.29, 0.717) is 22.5 Å². The average Bonchev–Trinajstić information content (AvgIpc) is 3.49. The van der Waals surface area contributed by atoms with E-state index in [1.165, 1.54) is 30.6 Å². The predicted octanol–water partition coefficient (Wildman–Crippen LogP) is 0.943. The van der Waals surface area contributed by atoms with E-state index in [9.17, 15) is 18.8 Å². The van der Waals surface area contributed by atoms with Crippen LogP contribution in [0.25, 0.3) is 10.9 Å². The number of amides is 3. The number of halogens is 1. The lowest BCUT2D eigenvalue weighted by atomic mass is 10.2. The Labute approximate surface area is 216 Å². The van der Waals surface area contributed by atoms with E-state index >= 15 is 0 Å². The van der Waals surface area contributed by atoms with Gasteiger partial charge in [0.25, 0.3) is 11.8 Å². The van der Waals surface area contributed by atoms with E-state index < -0.39 is 17.9 Å². The maximum atomic E-state index is 13.6. The van der Waals surface area contributed by atoms with E-state index in [1.807, 2.05) is 7.05 Å². The van der Waals surface area contributed by atoms with E-state index in [4.69, 9.17) is 4.74 Å². The lowest BCUT2D eigenvalue weighted by Gasteiger charge is -2.41. The first-order chi connectivity index (χ1) is 17.8. The molecule has 3 aromatic rings. The van der Waals surface area contributed by atoms with Crippen LogP contribution in [0.2, 0.25) is 0 Å². The van der Waals surface area contributed by atoms with Gasteiger partial charge in [-0.25, -0.2) is 9.37 Å². The number of hydrazine groups is 1. The molecule has 0 spiro atoms. The summed E-state index contributed by atoms with van der Waals surface area (Å²) < 4.78 is 18.6. The van der Waals surface area contributed by atoms with Gasteiger partial charge in [0.05, 0.1) is 12.2 Å². The van der Waals surface area contributed by atoms with Crippen LogP contribution in [0.15, 0.2) is 24.3 Å². The van der Waals surface area contributed by atoms with Crippen LogP contribution in [-0.4, -0.2) is 95.6 Å². The molecule has 2 aliphatic rings. The number of likely N-dealkylation sites (N-methyl/N-ethyl adjacent to an activating group) is 1. The van der Waals surface area contributed by atoms with Crippen molar-refractivity contribution in [2.24, 2.45) is 0 Å². The first-order valence-electron chi connectivity index (χ1n) is 11.9. The molecule has 13 heteroatoms. The molecule has 0 saturated carbocycles. The minimum Gasteiger partial charge on any atom is -0.375 e. The van der Waals surface area contributed by atoms with Crippen LogP contribution in [-0.2, 0) is 22.5 Å². The van der Waals surface area contributed by atoms with Gasteiger partial charge in [-0.15, -0.1) is 11.3 Å². The highest BCUT2D eigenvalue weighted by atomic mass is 32.1. The Kier molecular flexibility index (Phi) is 7.20. The summed E-state index contributed by atoms with van der Waals surface area (Å²) in [6.07, 6.45) is 0.0889. The van der Waals surface area contributed by atoms with Crippen LogP contribution < -0.4 is 10.7 Å². The number of rotatable bonds is 6. The molecule has 3 N–H and O–H groups in total. The molecule has 0 aliphatic carbocycles. The summed E-state index contributed by atoms with van der Waals surface area (Å²) in [6.45, 7) is 2.33. The molecular weight excluding hydrogens is 501 g/mol. The first kappa shape index (κ1) is 25.3. The number of methoxy groups -OCH3 is 1. The minimum absolute atomic E-state index is 0.0780. The number of benzene rings is 1. The molecule has 1 aromatic carbocycles. The number of ether oxygens (including phenoxy) is 1. The number of thiazole rings is 1. The summed E-state index contributed by atoms with van der Waals surface area (Å²) in [5, 5.41) is 5.46. The highest BCUT2D eigenvalue weighted by molar-refractivity contribution is 7.13. The summed E-state index contributed by atoms with van der Waals surface area (Å²) in [4.78, 5) is 51.1. The van der Waals surface area contributed by atoms with Crippen molar-refractivity contribution in [3.63, 3.8) is 0 Å². The largest absolute Gasteiger partial charge is 0.375 e. The highest BCUT2D eigenvalue weighted by Crippen LogP contribution is 2.25. The fourth-order valence-corrected chi connectivity index (χ4v) is 5.62. The Morgan fingerprint density at radius 2 is 2.05 bits per heavy atom. The number of aromatic nitrogens is 2. The maximum absolute atomic E-state index is 13.6. The van der Waals surface area contributed by atoms with Gasteiger partial charge in [-0.2, -0.15) is 5.01 Å². The fraction of sp³-hybridized carbons (Fsp3) is 0.417. The molecule has 3 amide bonds. The number of nitrogens with one attached hydrogen (secondary N) is 3. The molecule has 196 valence electrons. The molecule has 4 heterocycles. The van der Waals surface area contributed by atoms with Crippen LogP contribution in [0.1, 0.15) is 30.9 Å². The molecule has 1 saturated heterocycles. The number of carbonyl (C=O) groups excluding carboxylic acids is 3. The van der Waals surface area contributed by atoms with Crippen LogP contribution >= 0.6 is 11.3 Å². The second kappa shape index (κ2) is 10.5. The van der Waals surface area contributed by atoms with Gasteiger partial charge in [0, 0.05) is 55.5 Å². The lowest BCUT2D eigenvalue weighted by molar-refractivity contribution is -0.139. The molecule has 5 rings (SSSR count). The zero-order chi connectivity index (χ0) is 26.1. The molecule has 11 nitrogen and oxygen atoms in total. The normalized spacial score (nSPS) is 18.6. The second-order valence-electron chi connectivity index (χ2n) is 9.19. The van der Waals surface area contributed by atoms with Gasteiger partial charge in [0.1, 0.15) is 24.3 Å². The number of carbonyl (C=O) groups is 3. The van der Waals surface area contributed by atoms with E-state index in [-0.39, 0.29) is 37.2 Å². The van der Waals surface area contributed by atoms with Crippen LogP contribution in [0.5, 0.6) is 0 Å². The Morgan fingerprint density at radius 1 is 1.22 bits per heavy atom. The van der Waals surface area contributed by atoms with Gasteiger partial charge in [0.2, 0.25) is 5.91 Å². The van der Waals surface area contributed by atoms with Gasteiger partial charge in [0.15, 0.2) is 5.01 Å². The predicted molar refractivity (Wildman–Crippen MR) is 134 cm³/mol. The van der Waals surface area contributed by atoms with Crippen molar-refractivity contribution < 1.29 is 23.5 Å². The van der Waals surface area contributed by atoms with Gasteiger partial charge < -0.3 is 24.8 Å². The number of piperazine rings is 1. The van der Waals surface area contributed by atoms with Gasteiger partial charge >= 0.3 is 0 Å². The lowest BCUT2D eigenvalue weighted by Crippen LogP contribution is -2.65. The average molecular weight is 530 g/mol. The molecule has 2 aliphatic heterocycles. The van der Waals surface area contributed by atoms with Crippen LogP contribution in [0.4, 0.5) is 4.39 Å². The third kappa shape index (κ3) is 5.49. The topological polar surface area (TPSA) is 123 Å². The Hall–Kier alpha value is -3.39. The van der Waals surface area contributed by atoms with Crippen LogP contribution in [0.3, 0.4) is 0 Å². The zero-order valence-corrected chi connectivity index (χ0v) is 21.4. The maximum Gasteiger partial charge on any atom is 0.282 e. The summed E-state index contributed by atoms with van der Waals surface area (Å²) in [5.74, 6) is -1.42. The second-order valence-corrected chi connectivity index (χ2v) is 10.3. The quantitative estimate of drug-likeness (QED) is 0.434. The molecule has 1 fully saturated rings. The van der Waals surface area contributed by atoms with Crippen molar-refractivity contribution in [1.29, 1.82) is 0 Å². The first-order valence-corrected chi connectivity index (χ1v) is 12.7. The van der Waals surface area contributed by atoms with Crippen molar-refractivity contribution in [3.8, 4) is 0 Å². The number of nitrogens with zero attached hydrogens (tertiary/aromatic N) is 4. The molecule has 0 bridgehead atoms. The van der Waals surface area contributed by atoms with Crippen molar-refractivity contribution >= 4 is 40.0 Å². The van der Waals surface area contributed by atoms with E-state index in [0.717, 1.165) is 30.1 Å².